The van der Waals surface area contributed by atoms with E-state index < -0.39 is 37.3 Å². The van der Waals surface area contributed by atoms with Crippen LogP contribution in [0.15, 0.2) is 0 Å². The summed E-state index contributed by atoms with van der Waals surface area (Å²) in [7, 11) is 0. The minimum absolute atomic E-state index is 0.0927. The highest BCUT2D eigenvalue weighted by Gasteiger charge is 2.42. The number of nitrogens with one attached hydrogen (secondary N) is 1. The van der Waals surface area contributed by atoms with Crippen LogP contribution >= 0.6 is 0 Å². The van der Waals surface area contributed by atoms with Crippen molar-refractivity contribution in [2.24, 2.45) is 0 Å². The Bertz CT molecular complexity index is 196. The molecule has 0 bridgehead atoms. The van der Waals surface area contributed by atoms with E-state index in [4.69, 9.17) is 11.2 Å². The Kier molecular flexibility index (Phi) is 3.68. The fourth-order valence-electron chi connectivity index (χ4n) is 1.48. The van der Waals surface area contributed by atoms with Gasteiger partial charge >= 0.3 is 0 Å². The summed E-state index contributed by atoms with van der Waals surface area (Å²) in [6.07, 6.45) is -4.75. The Hall–Kier alpha value is -0.240. The van der Waals surface area contributed by atoms with Crippen molar-refractivity contribution in [3.05, 3.63) is 0 Å². The maximum Gasteiger partial charge on any atom is 0.173 e. The molecule has 5 N–H and O–H groups in total. The van der Waals surface area contributed by atoms with Gasteiger partial charge in [0, 0.05) is 1.37 Å². The normalized spacial score (nSPS) is 44.9. The fourth-order valence-corrected chi connectivity index (χ4v) is 1.48. The van der Waals surface area contributed by atoms with Crippen molar-refractivity contribution in [1.29, 1.82) is 0 Å². The highest BCUT2D eigenvalue weighted by atomic mass is 16.6. The lowest BCUT2D eigenvalue weighted by atomic mass is 9.97. The Morgan fingerprint density at radius 3 is 2.64 bits per heavy atom. The van der Waals surface area contributed by atoms with Gasteiger partial charge in [-0.05, 0) is 6.54 Å². The number of aliphatic hydroxyl groups is 4. The van der Waals surface area contributed by atoms with Gasteiger partial charge in [0.25, 0.3) is 0 Å². The van der Waals surface area contributed by atoms with Gasteiger partial charge in [0.05, 0.1) is 12.6 Å². The van der Waals surface area contributed by atoms with Crippen molar-refractivity contribution in [2.45, 2.75) is 37.5 Å². The SMILES string of the molecule is [2H]CCN[C@H]1C(O)O[C@H](CO)[C@@H](O)[C@@H]1O. The van der Waals surface area contributed by atoms with Gasteiger partial charge in [-0.25, -0.2) is 0 Å². The van der Waals surface area contributed by atoms with Crippen molar-refractivity contribution in [3.8, 4) is 0 Å². The Morgan fingerprint density at radius 1 is 1.36 bits per heavy atom. The number of aliphatic hydroxyl groups excluding tert-OH is 4. The zero-order valence-corrected chi connectivity index (χ0v) is 7.71. The van der Waals surface area contributed by atoms with Crippen LogP contribution in [0.4, 0.5) is 0 Å². The lowest BCUT2D eigenvalue weighted by Crippen LogP contribution is -2.63. The standard InChI is InChI=1S/C8H17NO5/c1-2-9-5-7(12)6(11)4(3-10)14-8(5)13/h4-13H,2-3H2,1H3/t4-,5-,6-,7-,8?/m1/s1/i1D. The summed E-state index contributed by atoms with van der Waals surface area (Å²) in [5.74, 6) is 0. The second-order valence-electron chi connectivity index (χ2n) is 3.21. The molecule has 0 radical (unpaired) electrons. The summed E-state index contributed by atoms with van der Waals surface area (Å²) < 4.78 is 11.8. The molecular weight excluding hydrogens is 190 g/mol. The summed E-state index contributed by atoms with van der Waals surface area (Å²) in [6, 6.07) is -0.840. The molecule has 1 rings (SSSR count). The van der Waals surface area contributed by atoms with E-state index in [2.05, 4.69) is 5.32 Å². The van der Waals surface area contributed by atoms with Crippen molar-refractivity contribution < 1.29 is 26.5 Å². The molecule has 0 aromatic rings. The van der Waals surface area contributed by atoms with Gasteiger partial charge in [-0.1, -0.05) is 6.90 Å². The molecular formula is C8H17NO5. The van der Waals surface area contributed by atoms with Crippen LogP contribution in [-0.4, -0.2) is 64.2 Å². The van der Waals surface area contributed by atoms with Crippen LogP contribution in [0.2, 0.25) is 0 Å². The quantitative estimate of drug-likeness (QED) is 0.348. The first-order chi connectivity index (χ1) is 7.11. The fraction of sp³-hybridized carbons (Fsp3) is 1.00. The first-order valence-corrected chi connectivity index (χ1v) is 4.45. The van der Waals surface area contributed by atoms with E-state index in [0.717, 1.165) is 0 Å². The Balaban J connectivity index is 2.58. The van der Waals surface area contributed by atoms with Gasteiger partial charge in [0.1, 0.15) is 18.3 Å². The number of ether oxygens (including phenoxy) is 1. The van der Waals surface area contributed by atoms with E-state index in [1.54, 1.807) is 0 Å². The lowest BCUT2D eigenvalue weighted by molar-refractivity contribution is -0.254. The van der Waals surface area contributed by atoms with Crippen molar-refractivity contribution in [3.63, 3.8) is 0 Å². The van der Waals surface area contributed by atoms with Crippen molar-refractivity contribution >= 4 is 0 Å². The maximum absolute atomic E-state index is 9.61. The van der Waals surface area contributed by atoms with Gasteiger partial charge in [-0.15, -0.1) is 0 Å². The zero-order chi connectivity index (χ0) is 11.4. The van der Waals surface area contributed by atoms with Gasteiger partial charge < -0.3 is 30.5 Å². The Morgan fingerprint density at radius 2 is 2.07 bits per heavy atom. The predicted octanol–water partition coefficient (Wildman–Crippen LogP) is -2.60. The second-order valence-corrected chi connectivity index (χ2v) is 3.21. The first kappa shape index (κ1) is 10.3. The topological polar surface area (TPSA) is 102 Å². The highest BCUT2D eigenvalue weighted by molar-refractivity contribution is 4.92. The molecule has 6 nitrogen and oxygen atoms in total. The minimum Gasteiger partial charge on any atom is -0.394 e. The molecule has 1 unspecified atom stereocenters. The number of hydrogen-bond acceptors (Lipinski definition) is 6. The average molecular weight is 208 g/mol. The van der Waals surface area contributed by atoms with Crippen LogP contribution in [0.1, 0.15) is 8.27 Å². The highest BCUT2D eigenvalue weighted by Crippen LogP contribution is 2.19. The van der Waals surface area contributed by atoms with E-state index in [-0.39, 0.29) is 13.4 Å². The first-order valence-electron chi connectivity index (χ1n) is 5.15. The smallest absolute Gasteiger partial charge is 0.173 e. The van der Waals surface area contributed by atoms with Gasteiger partial charge in [0.15, 0.2) is 6.29 Å². The molecule has 1 fully saturated rings. The van der Waals surface area contributed by atoms with Crippen molar-refractivity contribution in [2.75, 3.05) is 13.2 Å². The molecule has 1 saturated heterocycles. The summed E-state index contributed by atoms with van der Waals surface area (Å²) >= 11 is 0. The summed E-state index contributed by atoms with van der Waals surface area (Å²) in [6.45, 7) is -0.103. The van der Waals surface area contributed by atoms with Crippen LogP contribution in [0.3, 0.4) is 0 Å². The van der Waals surface area contributed by atoms with Crippen LogP contribution < -0.4 is 5.32 Å². The van der Waals surface area contributed by atoms with E-state index in [1.807, 2.05) is 0 Å². The average Bonchev–Trinajstić information content (AvgIpc) is 2.23. The molecule has 0 aromatic carbocycles. The summed E-state index contributed by atoms with van der Waals surface area (Å²) in [5, 5.41) is 40.1. The second kappa shape index (κ2) is 5.01. The van der Waals surface area contributed by atoms with Gasteiger partial charge in [-0.2, -0.15) is 0 Å². The molecule has 0 spiro atoms. The molecule has 84 valence electrons. The van der Waals surface area contributed by atoms with Crippen molar-refractivity contribution in [1.82, 2.24) is 5.32 Å². The molecule has 0 amide bonds. The molecule has 6 heteroatoms. The number of likely N-dealkylation sites (N-methyl/N-ethyl adjacent to an activating group) is 1. The van der Waals surface area contributed by atoms with Crippen LogP contribution in [0, 0.1) is 0 Å². The predicted molar refractivity (Wildman–Crippen MR) is 47.4 cm³/mol. The third-order valence-electron chi connectivity index (χ3n) is 2.28. The molecule has 1 heterocycles. The van der Waals surface area contributed by atoms with Gasteiger partial charge in [0.2, 0.25) is 0 Å². The van der Waals surface area contributed by atoms with Crippen LogP contribution in [0.5, 0.6) is 0 Å². The molecule has 0 aromatic heterocycles. The summed E-state index contributed by atoms with van der Waals surface area (Å²) in [5.41, 5.74) is 0. The maximum atomic E-state index is 9.61. The molecule has 14 heavy (non-hydrogen) atoms. The third-order valence-corrected chi connectivity index (χ3v) is 2.28. The zero-order valence-electron chi connectivity index (χ0n) is 8.71. The Labute approximate surface area is 83.5 Å². The summed E-state index contributed by atoms with van der Waals surface area (Å²) in [4.78, 5) is 0. The number of rotatable bonds is 3. The molecule has 0 aliphatic carbocycles. The molecule has 0 saturated carbocycles. The lowest BCUT2D eigenvalue weighted by Gasteiger charge is -2.40. The minimum atomic E-state index is -1.30. The van der Waals surface area contributed by atoms with E-state index in [9.17, 15) is 15.3 Å². The molecule has 5 atom stereocenters. The van der Waals surface area contributed by atoms with E-state index >= 15 is 0 Å². The molecule has 1 aliphatic heterocycles. The molecule has 1 aliphatic rings. The third kappa shape index (κ3) is 2.22. The largest absolute Gasteiger partial charge is 0.394 e. The van der Waals surface area contributed by atoms with Crippen LogP contribution in [0.25, 0.3) is 0 Å². The monoisotopic (exact) mass is 208 g/mol. The number of hydrogen-bond donors (Lipinski definition) is 5. The van der Waals surface area contributed by atoms with E-state index in [1.165, 1.54) is 0 Å². The van der Waals surface area contributed by atoms with Gasteiger partial charge in [-0.3, -0.25) is 0 Å². The van der Waals surface area contributed by atoms with Crippen LogP contribution in [-0.2, 0) is 4.74 Å². The van der Waals surface area contributed by atoms with E-state index in [0.29, 0.717) is 0 Å².